The van der Waals surface area contributed by atoms with E-state index in [0.29, 0.717) is 19.0 Å². The maximum atomic E-state index is 5.62. The quantitative estimate of drug-likeness (QED) is 0.740. The minimum absolute atomic E-state index is 0.0944. The van der Waals surface area contributed by atoms with Gasteiger partial charge in [0.05, 0.1) is 19.4 Å². The van der Waals surface area contributed by atoms with E-state index in [1.165, 1.54) is 0 Å². The molecule has 1 aromatic heterocycles. The Kier molecular flexibility index (Phi) is 2.90. The van der Waals surface area contributed by atoms with Crippen molar-refractivity contribution in [3.63, 3.8) is 0 Å². The lowest BCUT2D eigenvalue weighted by molar-refractivity contribution is 0.136. The monoisotopic (exact) mass is 195 g/mol. The molecule has 2 heterocycles. The molecule has 0 amide bonds. The van der Waals surface area contributed by atoms with Crippen LogP contribution in [-0.2, 0) is 11.3 Å². The van der Waals surface area contributed by atoms with Gasteiger partial charge in [-0.15, -0.1) is 5.10 Å². The standard InChI is InChI=1S/C9H13N3O2/c10-5-7-1-3-11-12-9(7)14-8-2-4-13-6-8/h1,3,8H,2,4-6,10H2. The zero-order chi connectivity index (χ0) is 9.80. The molecule has 0 aliphatic carbocycles. The van der Waals surface area contributed by atoms with Crippen LogP contribution in [0.15, 0.2) is 12.3 Å². The Hall–Kier alpha value is -1.20. The summed E-state index contributed by atoms with van der Waals surface area (Å²) in [6.45, 7) is 1.79. The van der Waals surface area contributed by atoms with Crippen LogP contribution in [0, 0.1) is 0 Å². The highest BCUT2D eigenvalue weighted by Gasteiger charge is 2.18. The van der Waals surface area contributed by atoms with Gasteiger partial charge in [-0.3, -0.25) is 0 Å². The summed E-state index contributed by atoms with van der Waals surface area (Å²) in [4.78, 5) is 0. The van der Waals surface area contributed by atoms with E-state index in [9.17, 15) is 0 Å². The number of nitrogens with two attached hydrogens (primary N) is 1. The van der Waals surface area contributed by atoms with Gasteiger partial charge in [-0.1, -0.05) is 0 Å². The maximum Gasteiger partial charge on any atom is 0.238 e. The van der Waals surface area contributed by atoms with Gasteiger partial charge in [0.25, 0.3) is 0 Å². The van der Waals surface area contributed by atoms with E-state index in [0.717, 1.165) is 18.6 Å². The lowest BCUT2D eigenvalue weighted by Gasteiger charge is -2.12. The third-order valence-corrected chi connectivity index (χ3v) is 2.15. The predicted molar refractivity (Wildman–Crippen MR) is 49.8 cm³/mol. The van der Waals surface area contributed by atoms with Crippen molar-refractivity contribution < 1.29 is 9.47 Å². The number of rotatable bonds is 3. The Morgan fingerprint density at radius 3 is 3.29 bits per heavy atom. The first-order valence-electron chi connectivity index (χ1n) is 4.65. The maximum absolute atomic E-state index is 5.62. The van der Waals surface area contributed by atoms with Gasteiger partial charge in [-0.2, -0.15) is 5.10 Å². The van der Waals surface area contributed by atoms with Gasteiger partial charge in [0, 0.05) is 18.5 Å². The second-order valence-electron chi connectivity index (χ2n) is 3.17. The van der Waals surface area contributed by atoms with Crippen molar-refractivity contribution in [3.05, 3.63) is 17.8 Å². The van der Waals surface area contributed by atoms with Crippen LogP contribution in [0.2, 0.25) is 0 Å². The van der Waals surface area contributed by atoms with Crippen molar-refractivity contribution in [1.29, 1.82) is 0 Å². The van der Waals surface area contributed by atoms with Crippen LogP contribution in [-0.4, -0.2) is 29.5 Å². The zero-order valence-electron chi connectivity index (χ0n) is 7.85. The SMILES string of the molecule is NCc1ccnnc1OC1CCOC1. The molecule has 1 atom stereocenters. The molecule has 76 valence electrons. The number of nitrogens with zero attached hydrogens (tertiary/aromatic N) is 2. The third-order valence-electron chi connectivity index (χ3n) is 2.15. The molecule has 5 heteroatoms. The average Bonchev–Trinajstić information content (AvgIpc) is 2.71. The molecule has 0 saturated carbocycles. The lowest BCUT2D eigenvalue weighted by Crippen LogP contribution is -2.18. The van der Waals surface area contributed by atoms with Gasteiger partial charge < -0.3 is 15.2 Å². The first kappa shape index (κ1) is 9.36. The number of hydrogen-bond donors (Lipinski definition) is 1. The zero-order valence-corrected chi connectivity index (χ0v) is 7.85. The van der Waals surface area contributed by atoms with E-state index >= 15 is 0 Å². The van der Waals surface area contributed by atoms with E-state index in [4.69, 9.17) is 15.2 Å². The Morgan fingerprint density at radius 2 is 2.57 bits per heavy atom. The molecular formula is C9H13N3O2. The number of ether oxygens (including phenoxy) is 2. The topological polar surface area (TPSA) is 70.3 Å². The highest BCUT2D eigenvalue weighted by atomic mass is 16.5. The van der Waals surface area contributed by atoms with Gasteiger partial charge in [0.1, 0.15) is 6.10 Å². The highest BCUT2D eigenvalue weighted by Crippen LogP contribution is 2.17. The van der Waals surface area contributed by atoms with E-state index in [-0.39, 0.29) is 6.10 Å². The molecule has 1 aliphatic rings. The molecule has 0 aromatic carbocycles. The van der Waals surface area contributed by atoms with Crippen molar-refractivity contribution in [1.82, 2.24) is 10.2 Å². The molecule has 5 nitrogen and oxygen atoms in total. The van der Waals surface area contributed by atoms with Crippen LogP contribution >= 0.6 is 0 Å². The molecule has 1 aromatic rings. The molecule has 0 radical (unpaired) electrons. The third kappa shape index (κ3) is 2.00. The van der Waals surface area contributed by atoms with Crippen LogP contribution in [0.4, 0.5) is 0 Å². The van der Waals surface area contributed by atoms with Crippen LogP contribution in [0.3, 0.4) is 0 Å². The summed E-state index contributed by atoms with van der Waals surface area (Å²) in [6.07, 6.45) is 2.61. The molecule has 14 heavy (non-hydrogen) atoms. The van der Waals surface area contributed by atoms with Gasteiger partial charge >= 0.3 is 0 Å². The minimum atomic E-state index is 0.0944. The summed E-state index contributed by atoms with van der Waals surface area (Å²) >= 11 is 0. The molecule has 2 N–H and O–H groups in total. The van der Waals surface area contributed by atoms with Crippen LogP contribution in [0.5, 0.6) is 5.88 Å². The summed E-state index contributed by atoms with van der Waals surface area (Å²) in [5, 5.41) is 7.67. The first-order valence-corrected chi connectivity index (χ1v) is 4.65. The van der Waals surface area contributed by atoms with Crippen molar-refractivity contribution in [2.45, 2.75) is 19.1 Å². The Bertz CT molecular complexity index is 300. The molecule has 0 spiro atoms. The lowest BCUT2D eigenvalue weighted by atomic mass is 10.3. The first-order chi connectivity index (χ1) is 6.90. The molecule has 1 saturated heterocycles. The fraction of sp³-hybridized carbons (Fsp3) is 0.556. The average molecular weight is 195 g/mol. The normalized spacial score (nSPS) is 21.1. The Balaban J connectivity index is 2.07. The molecule has 2 rings (SSSR count). The van der Waals surface area contributed by atoms with Crippen LogP contribution < -0.4 is 10.5 Å². The minimum Gasteiger partial charge on any atom is -0.471 e. The summed E-state index contributed by atoms with van der Waals surface area (Å²) in [5.41, 5.74) is 6.43. The van der Waals surface area contributed by atoms with Crippen molar-refractivity contribution >= 4 is 0 Å². The van der Waals surface area contributed by atoms with Gasteiger partial charge in [0.15, 0.2) is 0 Å². The van der Waals surface area contributed by atoms with Crippen LogP contribution in [0.25, 0.3) is 0 Å². The van der Waals surface area contributed by atoms with Crippen molar-refractivity contribution in [2.24, 2.45) is 5.73 Å². The smallest absolute Gasteiger partial charge is 0.238 e. The second-order valence-corrected chi connectivity index (χ2v) is 3.17. The van der Waals surface area contributed by atoms with Gasteiger partial charge in [-0.05, 0) is 6.07 Å². The highest BCUT2D eigenvalue weighted by molar-refractivity contribution is 5.23. The summed E-state index contributed by atoms with van der Waals surface area (Å²) in [7, 11) is 0. The van der Waals surface area contributed by atoms with Crippen molar-refractivity contribution in [3.8, 4) is 5.88 Å². The molecule has 1 fully saturated rings. The molecule has 0 bridgehead atoms. The largest absolute Gasteiger partial charge is 0.471 e. The van der Waals surface area contributed by atoms with E-state index in [1.54, 1.807) is 6.20 Å². The fourth-order valence-corrected chi connectivity index (χ4v) is 1.36. The summed E-state index contributed by atoms with van der Waals surface area (Å²) in [6, 6.07) is 1.82. The predicted octanol–water partition coefficient (Wildman–Crippen LogP) is 0.103. The Labute approximate surface area is 82.2 Å². The van der Waals surface area contributed by atoms with E-state index in [1.807, 2.05) is 6.07 Å². The molecule has 1 aliphatic heterocycles. The van der Waals surface area contributed by atoms with E-state index < -0.39 is 0 Å². The second kappa shape index (κ2) is 4.34. The van der Waals surface area contributed by atoms with Gasteiger partial charge in [0.2, 0.25) is 5.88 Å². The summed E-state index contributed by atoms with van der Waals surface area (Å²) < 4.78 is 10.8. The van der Waals surface area contributed by atoms with Crippen molar-refractivity contribution in [2.75, 3.05) is 13.2 Å². The summed E-state index contributed by atoms with van der Waals surface area (Å²) in [5.74, 6) is 0.533. The number of aromatic nitrogens is 2. The van der Waals surface area contributed by atoms with Gasteiger partial charge in [-0.25, -0.2) is 0 Å². The molecular weight excluding hydrogens is 182 g/mol. The molecule has 1 unspecified atom stereocenters. The van der Waals surface area contributed by atoms with Crippen LogP contribution in [0.1, 0.15) is 12.0 Å². The number of hydrogen-bond acceptors (Lipinski definition) is 5. The fourth-order valence-electron chi connectivity index (χ4n) is 1.36. The Morgan fingerprint density at radius 1 is 1.64 bits per heavy atom. The van der Waals surface area contributed by atoms with E-state index in [2.05, 4.69) is 10.2 Å².